The maximum absolute atomic E-state index is 13.9. The van der Waals surface area contributed by atoms with Crippen molar-refractivity contribution < 1.29 is 14.7 Å². The number of pyridine rings is 1. The molecule has 0 spiro atoms. The Morgan fingerprint density at radius 3 is 2.50 bits per heavy atom. The van der Waals surface area contributed by atoms with Gasteiger partial charge in [-0.25, -0.2) is 4.98 Å². The first-order valence-electron chi connectivity index (χ1n) is 13.5. The molecular weight excluding hydrogens is 524 g/mol. The van der Waals surface area contributed by atoms with Gasteiger partial charge in [0.15, 0.2) is 0 Å². The quantitative estimate of drug-likeness (QED) is 0.331. The van der Waals surface area contributed by atoms with Crippen molar-refractivity contribution in [2.75, 3.05) is 6.54 Å². The molecule has 1 fully saturated rings. The molecule has 5 rings (SSSR count). The molecule has 2 N–H and O–H groups in total. The van der Waals surface area contributed by atoms with Crippen molar-refractivity contribution in [1.82, 2.24) is 30.0 Å². The zero-order valence-corrected chi connectivity index (χ0v) is 23.9. The van der Waals surface area contributed by atoms with Crippen molar-refractivity contribution in [3.05, 3.63) is 77.8 Å². The highest BCUT2D eigenvalue weighted by Crippen LogP contribution is 2.30. The summed E-state index contributed by atoms with van der Waals surface area (Å²) in [5.74, 6) is -0.610. The normalized spacial score (nSPS) is 18.6. The highest BCUT2D eigenvalue weighted by molar-refractivity contribution is 7.13. The van der Waals surface area contributed by atoms with Gasteiger partial charge in [-0.3, -0.25) is 19.3 Å². The molecule has 1 aromatic carbocycles. The van der Waals surface area contributed by atoms with Crippen LogP contribution in [0.4, 0.5) is 0 Å². The lowest BCUT2D eigenvalue weighted by atomic mass is 10.0. The van der Waals surface area contributed by atoms with Gasteiger partial charge in [0.25, 0.3) is 0 Å². The van der Waals surface area contributed by atoms with Crippen LogP contribution in [0.15, 0.2) is 66.6 Å². The molecule has 4 aromatic rings. The number of rotatable bonds is 8. The fraction of sp³-hybridized carbons (Fsp3) is 0.367. The molecule has 0 aliphatic carbocycles. The molecule has 1 saturated heterocycles. The van der Waals surface area contributed by atoms with Gasteiger partial charge in [-0.05, 0) is 43.0 Å². The third kappa shape index (κ3) is 5.68. The molecular formula is C30H34N6O3S. The molecule has 40 heavy (non-hydrogen) atoms. The molecule has 208 valence electrons. The number of carbonyl (C=O) groups excluding carboxylic acids is 2. The molecule has 1 aliphatic heterocycles. The Hall–Kier alpha value is -3.89. The second-order valence-electron chi connectivity index (χ2n) is 10.6. The van der Waals surface area contributed by atoms with Gasteiger partial charge < -0.3 is 15.3 Å². The van der Waals surface area contributed by atoms with Crippen molar-refractivity contribution in [3.8, 4) is 21.7 Å². The number of nitrogens with zero attached hydrogens (tertiary/aromatic N) is 5. The summed E-state index contributed by atoms with van der Waals surface area (Å²) < 4.78 is 1.64. The number of hydrogen-bond acceptors (Lipinski definition) is 7. The Balaban J connectivity index is 1.30. The minimum atomic E-state index is -0.772. The number of benzene rings is 1. The second-order valence-corrected chi connectivity index (χ2v) is 11.5. The fourth-order valence-electron chi connectivity index (χ4n) is 5.23. The van der Waals surface area contributed by atoms with Crippen LogP contribution in [0.2, 0.25) is 0 Å². The molecule has 1 aliphatic rings. The van der Waals surface area contributed by atoms with Gasteiger partial charge in [0, 0.05) is 30.9 Å². The minimum Gasteiger partial charge on any atom is -0.391 e. The Bertz CT molecular complexity index is 1470. The molecule has 4 heterocycles. The predicted molar refractivity (Wildman–Crippen MR) is 154 cm³/mol. The van der Waals surface area contributed by atoms with Gasteiger partial charge in [-0.1, -0.05) is 44.2 Å². The summed E-state index contributed by atoms with van der Waals surface area (Å²) in [6.45, 7) is 7.91. The van der Waals surface area contributed by atoms with Gasteiger partial charge in [0.1, 0.15) is 12.1 Å². The molecule has 3 aromatic heterocycles. The number of aromatic nitrogens is 4. The molecule has 9 nitrogen and oxygen atoms in total. The van der Waals surface area contributed by atoms with Crippen molar-refractivity contribution in [1.29, 1.82) is 0 Å². The van der Waals surface area contributed by atoms with E-state index in [0.717, 1.165) is 33.0 Å². The van der Waals surface area contributed by atoms with Gasteiger partial charge in [0.2, 0.25) is 11.8 Å². The summed E-state index contributed by atoms with van der Waals surface area (Å²) in [6.07, 6.45) is 4.64. The Labute approximate surface area is 237 Å². The van der Waals surface area contributed by atoms with E-state index in [1.54, 1.807) is 28.4 Å². The molecule has 4 atom stereocenters. The number of likely N-dealkylation sites (tertiary alicyclic amines) is 1. The maximum Gasteiger partial charge on any atom is 0.248 e. The summed E-state index contributed by atoms with van der Waals surface area (Å²) in [5, 5.41) is 18.0. The number of nitrogens with one attached hydrogen (secondary N) is 1. The molecule has 0 bridgehead atoms. The highest BCUT2D eigenvalue weighted by Gasteiger charge is 2.42. The van der Waals surface area contributed by atoms with Crippen LogP contribution < -0.4 is 5.32 Å². The summed E-state index contributed by atoms with van der Waals surface area (Å²) in [5.41, 5.74) is 6.44. The van der Waals surface area contributed by atoms with Crippen molar-refractivity contribution >= 4 is 23.2 Å². The number of thiazole rings is 1. The number of hydrogen-bond donors (Lipinski definition) is 2. The standard InChI is InChI=1S/C30H34N6O3S/c1-18(2)27(36-15-23(14-33-36)25-7-5-6-12-31-25)30(39)35-16-24(37)13-26(35)29(38)34-19(3)21-8-10-22(11-9-21)28-20(4)32-17-40-28/h5-12,14-15,17-19,24,26-27,37H,13,16H2,1-4H3,(H,34,38)/t19-,24+,26-,27?/m0/s1. The lowest BCUT2D eigenvalue weighted by molar-refractivity contribution is -0.142. The topological polar surface area (TPSA) is 113 Å². The predicted octanol–water partition coefficient (Wildman–Crippen LogP) is 4.41. The first-order valence-corrected chi connectivity index (χ1v) is 14.4. The number of amides is 2. The third-order valence-corrected chi connectivity index (χ3v) is 8.35. The monoisotopic (exact) mass is 558 g/mol. The average Bonchev–Trinajstić information content (AvgIpc) is 3.69. The van der Waals surface area contributed by atoms with E-state index in [9.17, 15) is 14.7 Å². The van der Waals surface area contributed by atoms with Crippen molar-refractivity contribution in [3.63, 3.8) is 0 Å². The summed E-state index contributed by atoms with van der Waals surface area (Å²) in [7, 11) is 0. The van der Waals surface area contributed by atoms with Gasteiger partial charge in [-0.2, -0.15) is 5.10 Å². The van der Waals surface area contributed by atoms with Crippen LogP contribution in [0.3, 0.4) is 0 Å². The fourth-order valence-corrected chi connectivity index (χ4v) is 6.04. The average molecular weight is 559 g/mol. The van der Waals surface area contributed by atoms with Crippen LogP contribution in [0.5, 0.6) is 0 Å². The van der Waals surface area contributed by atoms with E-state index in [2.05, 4.69) is 20.4 Å². The molecule has 0 saturated carbocycles. The first-order chi connectivity index (χ1) is 19.2. The molecule has 1 unspecified atom stereocenters. The van der Waals surface area contributed by atoms with E-state index < -0.39 is 18.2 Å². The van der Waals surface area contributed by atoms with E-state index in [1.165, 1.54) is 4.90 Å². The first kappa shape index (κ1) is 27.7. The van der Waals surface area contributed by atoms with Crippen LogP contribution in [0.1, 0.15) is 50.5 Å². The Morgan fingerprint density at radius 1 is 1.07 bits per heavy atom. The summed E-state index contributed by atoms with van der Waals surface area (Å²) in [4.78, 5) is 38.7. The lowest BCUT2D eigenvalue weighted by Gasteiger charge is -2.30. The second kappa shape index (κ2) is 11.7. The van der Waals surface area contributed by atoms with Crippen LogP contribution >= 0.6 is 11.3 Å². The van der Waals surface area contributed by atoms with Crippen LogP contribution in [0.25, 0.3) is 21.7 Å². The number of aliphatic hydroxyl groups excluding tert-OH is 1. The van der Waals surface area contributed by atoms with Crippen LogP contribution in [-0.4, -0.2) is 60.3 Å². The summed E-state index contributed by atoms with van der Waals surface area (Å²) in [6, 6.07) is 12.0. The van der Waals surface area contributed by atoms with E-state index in [1.807, 2.05) is 81.9 Å². The Kier molecular flexibility index (Phi) is 8.09. The van der Waals surface area contributed by atoms with Gasteiger partial charge in [-0.15, -0.1) is 11.3 Å². The van der Waals surface area contributed by atoms with Crippen molar-refractivity contribution in [2.45, 2.75) is 58.3 Å². The van der Waals surface area contributed by atoms with Gasteiger partial charge in [0.05, 0.1) is 40.1 Å². The van der Waals surface area contributed by atoms with Crippen LogP contribution in [-0.2, 0) is 9.59 Å². The van der Waals surface area contributed by atoms with E-state index >= 15 is 0 Å². The van der Waals surface area contributed by atoms with Crippen molar-refractivity contribution in [2.24, 2.45) is 5.92 Å². The summed E-state index contributed by atoms with van der Waals surface area (Å²) >= 11 is 1.60. The van der Waals surface area contributed by atoms with Crippen LogP contribution in [0, 0.1) is 12.8 Å². The number of β-amino-alcohol motifs (C(OH)–C–C–N with tert-alkyl or cyclic N) is 1. The minimum absolute atomic E-state index is 0.0925. The van der Waals surface area contributed by atoms with Gasteiger partial charge >= 0.3 is 0 Å². The van der Waals surface area contributed by atoms with E-state index in [4.69, 9.17) is 0 Å². The highest BCUT2D eigenvalue weighted by atomic mass is 32.1. The maximum atomic E-state index is 13.9. The smallest absolute Gasteiger partial charge is 0.248 e. The zero-order valence-electron chi connectivity index (χ0n) is 23.1. The van der Waals surface area contributed by atoms with E-state index in [-0.39, 0.29) is 36.7 Å². The number of aryl methyl sites for hydroxylation is 1. The Morgan fingerprint density at radius 2 is 1.85 bits per heavy atom. The lowest BCUT2D eigenvalue weighted by Crippen LogP contribution is -2.49. The number of carbonyl (C=O) groups is 2. The zero-order chi connectivity index (χ0) is 28.4. The van der Waals surface area contributed by atoms with E-state index in [0.29, 0.717) is 0 Å². The number of aliphatic hydroxyl groups is 1. The molecule has 2 amide bonds. The molecule has 0 radical (unpaired) electrons. The SMILES string of the molecule is Cc1ncsc1-c1ccc([C@H](C)NC(=O)[C@@H]2C[C@@H](O)CN2C(=O)C(C(C)C)n2cc(-c3ccccn3)cn2)cc1. The largest absolute Gasteiger partial charge is 0.391 e. The molecule has 10 heteroatoms. The third-order valence-electron chi connectivity index (χ3n) is 7.37.